The van der Waals surface area contributed by atoms with Gasteiger partial charge in [-0.3, -0.25) is 9.79 Å². The van der Waals surface area contributed by atoms with E-state index in [1.165, 1.54) is 25.7 Å². The van der Waals surface area contributed by atoms with Gasteiger partial charge in [0, 0.05) is 34.2 Å². The minimum atomic E-state index is -0.250. The Bertz CT molecular complexity index is 429. The number of carbonyl (C=O) groups is 1. The Labute approximate surface area is 141 Å². The van der Waals surface area contributed by atoms with Crippen LogP contribution < -0.4 is 10.6 Å². The largest absolute Gasteiger partial charge is 0.356 e. The van der Waals surface area contributed by atoms with E-state index in [9.17, 15) is 4.79 Å². The van der Waals surface area contributed by atoms with Gasteiger partial charge in [0.1, 0.15) is 0 Å². The van der Waals surface area contributed by atoms with Crippen LogP contribution in [0.2, 0.25) is 0 Å². The van der Waals surface area contributed by atoms with E-state index in [0.717, 1.165) is 38.2 Å². The predicted octanol–water partition coefficient (Wildman–Crippen LogP) is 2.38. The quantitative estimate of drug-likeness (QED) is 0.583. The van der Waals surface area contributed by atoms with Crippen molar-refractivity contribution in [1.29, 1.82) is 0 Å². The SMILES string of the molecule is CCC1(CNC(=NC)NCC2(C(=O)N(C)C)CCCC2)CCC1. The molecule has 0 aromatic heterocycles. The molecule has 0 bridgehead atoms. The first-order chi connectivity index (χ1) is 11.0. The molecule has 2 aliphatic carbocycles. The molecular weight excluding hydrogens is 288 g/mol. The summed E-state index contributed by atoms with van der Waals surface area (Å²) >= 11 is 0. The highest BCUT2D eigenvalue weighted by atomic mass is 16.2. The van der Waals surface area contributed by atoms with Crippen molar-refractivity contribution in [2.75, 3.05) is 34.2 Å². The van der Waals surface area contributed by atoms with Gasteiger partial charge in [-0.15, -0.1) is 0 Å². The number of nitrogens with zero attached hydrogens (tertiary/aromatic N) is 2. The van der Waals surface area contributed by atoms with Crippen LogP contribution in [0.15, 0.2) is 4.99 Å². The molecule has 23 heavy (non-hydrogen) atoms. The number of hydrogen-bond acceptors (Lipinski definition) is 2. The van der Waals surface area contributed by atoms with Gasteiger partial charge in [-0.1, -0.05) is 26.2 Å². The van der Waals surface area contributed by atoms with Crippen molar-refractivity contribution in [2.24, 2.45) is 15.8 Å². The Morgan fingerprint density at radius 1 is 1.04 bits per heavy atom. The molecule has 5 nitrogen and oxygen atoms in total. The van der Waals surface area contributed by atoms with Crippen molar-refractivity contribution in [3.8, 4) is 0 Å². The highest BCUT2D eigenvalue weighted by Gasteiger charge is 2.42. The molecule has 0 aromatic rings. The lowest BCUT2D eigenvalue weighted by Crippen LogP contribution is -2.51. The summed E-state index contributed by atoms with van der Waals surface area (Å²) in [6.45, 7) is 3.95. The van der Waals surface area contributed by atoms with Gasteiger partial charge in [0.15, 0.2) is 5.96 Å². The molecule has 1 amide bonds. The summed E-state index contributed by atoms with van der Waals surface area (Å²) < 4.78 is 0. The number of rotatable bonds is 6. The first kappa shape index (κ1) is 18.1. The van der Waals surface area contributed by atoms with Gasteiger partial charge in [-0.05, 0) is 37.5 Å². The monoisotopic (exact) mass is 322 g/mol. The van der Waals surface area contributed by atoms with Gasteiger partial charge in [0.2, 0.25) is 5.91 Å². The second-order valence-corrected chi connectivity index (χ2v) is 7.67. The standard InChI is InChI=1S/C18H34N4O/c1-5-17(9-8-10-17)13-20-16(19-2)21-14-18(11-6-7-12-18)15(23)22(3)4/h5-14H2,1-4H3,(H2,19,20,21). The maximum absolute atomic E-state index is 12.6. The van der Waals surface area contributed by atoms with Gasteiger partial charge >= 0.3 is 0 Å². The molecule has 5 heteroatoms. The summed E-state index contributed by atoms with van der Waals surface area (Å²) in [6.07, 6.45) is 9.45. The van der Waals surface area contributed by atoms with Crippen LogP contribution in [0.4, 0.5) is 0 Å². The third-order valence-electron chi connectivity index (χ3n) is 6.03. The van der Waals surface area contributed by atoms with E-state index in [1.807, 2.05) is 21.1 Å². The Hall–Kier alpha value is -1.26. The number of amides is 1. The lowest BCUT2D eigenvalue weighted by atomic mass is 9.67. The van der Waals surface area contributed by atoms with Gasteiger partial charge in [0.25, 0.3) is 0 Å². The smallest absolute Gasteiger partial charge is 0.230 e. The highest BCUT2D eigenvalue weighted by Crippen LogP contribution is 2.43. The fraction of sp³-hybridized carbons (Fsp3) is 0.889. The number of hydrogen-bond donors (Lipinski definition) is 2. The third-order valence-corrected chi connectivity index (χ3v) is 6.03. The minimum Gasteiger partial charge on any atom is -0.356 e. The third kappa shape index (κ3) is 3.99. The van der Waals surface area contributed by atoms with Crippen molar-refractivity contribution in [2.45, 2.75) is 58.3 Å². The molecule has 2 fully saturated rings. The molecular formula is C18H34N4O. The molecule has 0 unspecified atom stereocenters. The molecule has 2 saturated carbocycles. The lowest BCUT2D eigenvalue weighted by molar-refractivity contribution is -0.138. The zero-order valence-corrected chi connectivity index (χ0v) is 15.4. The number of carbonyl (C=O) groups excluding carboxylic acids is 1. The van der Waals surface area contributed by atoms with E-state index >= 15 is 0 Å². The Morgan fingerprint density at radius 2 is 1.65 bits per heavy atom. The van der Waals surface area contributed by atoms with Gasteiger partial charge in [0.05, 0.1) is 5.41 Å². The average molecular weight is 322 g/mol. The normalized spacial score (nSPS) is 22.3. The van der Waals surface area contributed by atoms with Crippen LogP contribution >= 0.6 is 0 Å². The van der Waals surface area contributed by atoms with Crippen LogP contribution in [-0.2, 0) is 4.79 Å². The maximum Gasteiger partial charge on any atom is 0.230 e. The second kappa shape index (κ2) is 7.54. The summed E-state index contributed by atoms with van der Waals surface area (Å²) in [5, 5.41) is 6.91. The molecule has 2 N–H and O–H groups in total. The summed E-state index contributed by atoms with van der Waals surface area (Å²) in [5.74, 6) is 1.09. The number of guanidine groups is 1. The topological polar surface area (TPSA) is 56.7 Å². The number of nitrogens with one attached hydrogen (secondary N) is 2. The van der Waals surface area contributed by atoms with E-state index in [1.54, 1.807) is 4.90 Å². The van der Waals surface area contributed by atoms with Crippen LogP contribution in [-0.4, -0.2) is 51.0 Å². The molecule has 0 heterocycles. The Balaban J connectivity index is 1.89. The first-order valence-electron chi connectivity index (χ1n) is 9.13. The molecule has 0 radical (unpaired) electrons. The van der Waals surface area contributed by atoms with E-state index in [-0.39, 0.29) is 11.3 Å². The predicted molar refractivity (Wildman–Crippen MR) is 95.5 cm³/mol. The van der Waals surface area contributed by atoms with E-state index in [4.69, 9.17) is 0 Å². The van der Waals surface area contributed by atoms with Crippen molar-refractivity contribution in [3.63, 3.8) is 0 Å². The lowest BCUT2D eigenvalue weighted by Gasteiger charge is -2.41. The van der Waals surface area contributed by atoms with E-state index < -0.39 is 0 Å². The van der Waals surface area contributed by atoms with Crippen LogP contribution in [0.5, 0.6) is 0 Å². The van der Waals surface area contributed by atoms with Gasteiger partial charge in [-0.2, -0.15) is 0 Å². The van der Waals surface area contributed by atoms with Crippen molar-refractivity contribution >= 4 is 11.9 Å². The molecule has 0 saturated heterocycles. The molecule has 0 aliphatic heterocycles. The summed E-state index contributed by atoms with van der Waals surface area (Å²) in [5.41, 5.74) is 0.210. The van der Waals surface area contributed by atoms with Crippen molar-refractivity contribution < 1.29 is 4.79 Å². The van der Waals surface area contributed by atoms with E-state index in [2.05, 4.69) is 22.5 Å². The second-order valence-electron chi connectivity index (χ2n) is 7.67. The van der Waals surface area contributed by atoms with Crippen LogP contribution in [0.3, 0.4) is 0 Å². The van der Waals surface area contributed by atoms with Gasteiger partial charge in [-0.25, -0.2) is 0 Å². The molecule has 0 aromatic carbocycles. The Kier molecular flexibility index (Phi) is 5.93. The fourth-order valence-electron chi connectivity index (χ4n) is 4.07. The van der Waals surface area contributed by atoms with Crippen LogP contribution in [0, 0.1) is 10.8 Å². The maximum atomic E-state index is 12.6. The number of aliphatic imine (C=N–C) groups is 1. The van der Waals surface area contributed by atoms with E-state index in [0.29, 0.717) is 12.0 Å². The summed E-state index contributed by atoms with van der Waals surface area (Å²) in [4.78, 5) is 18.7. The Morgan fingerprint density at radius 3 is 2.09 bits per heavy atom. The fourth-order valence-corrected chi connectivity index (χ4v) is 4.07. The summed E-state index contributed by atoms with van der Waals surface area (Å²) in [6, 6.07) is 0. The summed E-state index contributed by atoms with van der Waals surface area (Å²) in [7, 11) is 5.53. The minimum absolute atomic E-state index is 0.250. The van der Waals surface area contributed by atoms with Gasteiger partial charge < -0.3 is 15.5 Å². The van der Waals surface area contributed by atoms with Crippen molar-refractivity contribution in [1.82, 2.24) is 15.5 Å². The first-order valence-corrected chi connectivity index (χ1v) is 9.13. The average Bonchev–Trinajstić information content (AvgIpc) is 2.98. The molecule has 2 aliphatic rings. The zero-order chi connectivity index (χ0) is 16.9. The molecule has 132 valence electrons. The highest BCUT2D eigenvalue weighted by molar-refractivity contribution is 5.85. The molecule has 0 atom stereocenters. The van der Waals surface area contributed by atoms with Crippen LogP contribution in [0.25, 0.3) is 0 Å². The van der Waals surface area contributed by atoms with Crippen molar-refractivity contribution in [3.05, 3.63) is 0 Å². The molecule has 2 rings (SSSR count). The zero-order valence-electron chi connectivity index (χ0n) is 15.4. The molecule has 0 spiro atoms. The van der Waals surface area contributed by atoms with Crippen LogP contribution in [0.1, 0.15) is 58.3 Å².